The average molecular weight is 479 g/mol. The van der Waals surface area contributed by atoms with E-state index in [9.17, 15) is 19.8 Å². The Hall–Kier alpha value is -1.14. The van der Waals surface area contributed by atoms with Crippen molar-refractivity contribution >= 4 is 11.8 Å². The van der Waals surface area contributed by atoms with Crippen molar-refractivity contribution in [3.8, 4) is 0 Å². The molecule has 3 aliphatic rings. The zero-order valence-corrected chi connectivity index (χ0v) is 22.2. The molecule has 0 bridgehead atoms. The number of carbonyl (C=O) groups excluding carboxylic acids is 2. The Morgan fingerprint density at radius 1 is 0.647 bits per heavy atom. The van der Waals surface area contributed by atoms with Gasteiger partial charge in [0.05, 0.1) is 23.3 Å². The first-order valence-electron chi connectivity index (χ1n) is 14.1. The minimum atomic E-state index is -1.24. The van der Waals surface area contributed by atoms with Crippen molar-refractivity contribution in [2.24, 2.45) is 23.0 Å². The van der Waals surface area contributed by atoms with Crippen LogP contribution in [0.4, 0.5) is 0 Å². The molecule has 2 unspecified atom stereocenters. The molecule has 196 valence electrons. The standard InChI is InChI=1S/C28H50N2O4/c1-20(2)22(27(33)16-10-6-11-17-27)30(23(21(3)4)28(34)18-12-7-13-19-28)25(32)26(24(29)31)14-8-5-9-15-26/h20-23,33-34H,5-19H2,1-4H3,(H2,29,31). The number of rotatable bonds is 8. The highest BCUT2D eigenvalue weighted by atomic mass is 16.3. The van der Waals surface area contributed by atoms with Crippen LogP contribution in [0.25, 0.3) is 0 Å². The van der Waals surface area contributed by atoms with Gasteiger partial charge in [0.25, 0.3) is 0 Å². The van der Waals surface area contributed by atoms with Crippen LogP contribution < -0.4 is 5.73 Å². The number of amides is 2. The first-order valence-corrected chi connectivity index (χ1v) is 14.1. The Morgan fingerprint density at radius 2 is 0.971 bits per heavy atom. The zero-order chi connectivity index (χ0) is 25.1. The van der Waals surface area contributed by atoms with Gasteiger partial charge in [0, 0.05) is 0 Å². The highest BCUT2D eigenvalue weighted by Crippen LogP contribution is 2.47. The third-order valence-electron chi connectivity index (χ3n) is 9.22. The predicted molar refractivity (Wildman–Crippen MR) is 135 cm³/mol. The summed E-state index contributed by atoms with van der Waals surface area (Å²) < 4.78 is 0. The normalized spacial score (nSPS) is 26.1. The van der Waals surface area contributed by atoms with E-state index in [1.807, 2.05) is 4.90 Å². The van der Waals surface area contributed by atoms with Crippen LogP contribution in [-0.4, -0.2) is 50.2 Å². The van der Waals surface area contributed by atoms with Crippen LogP contribution in [-0.2, 0) is 9.59 Å². The van der Waals surface area contributed by atoms with E-state index in [-0.39, 0.29) is 17.7 Å². The molecule has 3 aliphatic carbocycles. The lowest BCUT2D eigenvalue weighted by Gasteiger charge is -2.56. The van der Waals surface area contributed by atoms with Crippen LogP contribution in [0.2, 0.25) is 0 Å². The molecule has 0 aromatic heterocycles. The second-order valence-electron chi connectivity index (χ2n) is 12.4. The molecule has 0 spiro atoms. The van der Waals surface area contributed by atoms with E-state index in [1.165, 1.54) is 0 Å². The van der Waals surface area contributed by atoms with Gasteiger partial charge < -0.3 is 20.8 Å². The molecule has 4 N–H and O–H groups in total. The van der Waals surface area contributed by atoms with Crippen molar-refractivity contribution in [3.63, 3.8) is 0 Å². The van der Waals surface area contributed by atoms with Gasteiger partial charge in [0.15, 0.2) is 0 Å². The fraction of sp³-hybridized carbons (Fsp3) is 0.929. The zero-order valence-electron chi connectivity index (χ0n) is 22.2. The van der Waals surface area contributed by atoms with Gasteiger partial charge in [0.2, 0.25) is 11.8 Å². The van der Waals surface area contributed by atoms with E-state index >= 15 is 0 Å². The largest absolute Gasteiger partial charge is 0.388 e. The van der Waals surface area contributed by atoms with Crippen LogP contribution in [0.5, 0.6) is 0 Å². The Labute approximate surface area is 207 Å². The Morgan fingerprint density at radius 3 is 1.26 bits per heavy atom. The highest BCUT2D eigenvalue weighted by Gasteiger charge is 2.57. The minimum absolute atomic E-state index is 0.0194. The molecule has 0 aromatic rings. The SMILES string of the molecule is CC(C)C(N(C(=O)C1(C(N)=O)CCCCC1)C(C(C)C)C1(O)CCCCC1)C1(O)CCCCC1. The summed E-state index contributed by atoms with van der Waals surface area (Å²) in [6.45, 7) is 8.27. The van der Waals surface area contributed by atoms with E-state index in [4.69, 9.17) is 5.73 Å². The highest BCUT2D eigenvalue weighted by molar-refractivity contribution is 6.04. The van der Waals surface area contributed by atoms with Gasteiger partial charge in [-0.15, -0.1) is 0 Å². The summed E-state index contributed by atoms with van der Waals surface area (Å²) in [7, 11) is 0. The quantitative estimate of drug-likeness (QED) is 0.440. The van der Waals surface area contributed by atoms with Crippen LogP contribution >= 0.6 is 0 Å². The van der Waals surface area contributed by atoms with Crippen molar-refractivity contribution in [1.82, 2.24) is 4.90 Å². The summed E-state index contributed by atoms with van der Waals surface area (Å²) >= 11 is 0. The van der Waals surface area contributed by atoms with E-state index in [0.29, 0.717) is 38.5 Å². The van der Waals surface area contributed by atoms with Gasteiger partial charge in [-0.3, -0.25) is 9.59 Å². The molecule has 34 heavy (non-hydrogen) atoms. The second-order valence-corrected chi connectivity index (χ2v) is 12.4. The topological polar surface area (TPSA) is 104 Å². The van der Waals surface area contributed by atoms with Gasteiger partial charge in [-0.1, -0.05) is 85.5 Å². The maximum absolute atomic E-state index is 14.7. The van der Waals surface area contributed by atoms with Crippen molar-refractivity contribution in [3.05, 3.63) is 0 Å². The summed E-state index contributed by atoms with van der Waals surface area (Å²) in [5.41, 5.74) is 2.72. The third kappa shape index (κ3) is 5.18. The molecule has 2 amide bonds. The summed E-state index contributed by atoms with van der Waals surface area (Å²) in [6.07, 6.45) is 12.0. The molecule has 0 saturated heterocycles. The fourth-order valence-electron chi connectivity index (χ4n) is 7.71. The molecule has 2 atom stereocenters. The minimum Gasteiger partial charge on any atom is -0.388 e. The van der Waals surface area contributed by atoms with E-state index < -0.39 is 34.6 Å². The molecule has 3 fully saturated rings. The smallest absolute Gasteiger partial charge is 0.238 e. The monoisotopic (exact) mass is 478 g/mol. The fourth-order valence-corrected chi connectivity index (χ4v) is 7.71. The van der Waals surface area contributed by atoms with Crippen molar-refractivity contribution in [2.45, 2.75) is 147 Å². The van der Waals surface area contributed by atoms with Gasteiger partial charge in [-0.25, -0.2) is 0 Å². The van der Waals surface area contributed by atoms with Gasteiger partial charge in [0.1, 0.15) is 5.41 Å². The van der Waals surface area contributed by atoms with Crippen molar-refractivity contribution in [1.29, 1.82) is 0 Å². The number of aliphatic hydroxyl groups is 2. The molecular weight excluding hydrogens is 428 g/mol. The Balaban J connectivity index is 2.18. The molecule has 0 radical (unpaired) electrons. The van der Waals surface area contributed by atoms with E-state index in [2.05, 4.69) is 27.7 Å². The van der Waals surface area contributed by atoms with Crippen molar-refractivity contribution < 1.29 is 19.8 Å². The predicted octanol–water partition coefficient (Wildman–Crippen LogP) is 4.69. The van der Waals surface area contributed by atoms with Gasteiger partial charge in [-0.05, 0) is 50.4 Å². The Bertz CT molecular complexity index is 665. The van der Waals surface area contributed by atoms with Gasteiger partial charge >= 0.3 is 0 Å². The van der Waals surface area contributed by atoms with Crippen LogP contribution in [0.3, 0.4) is 0 Å². The van der Waals surface area contributed by atoms with E-state index in [1.54, 1.807) is 0 Å². The average Bonchev–Trinajstić information content (AvgIpc) is 2.78. The third-order valence-corrected chi connectivity index (χ3v) is 9.22. The molecular formula is C28H50N2O4. The number of nitrogens with two attached hydrogens (primary N) is 1. The number of primary amides is 1. The summed E-state index contributed by atoms with van der Waals surface area (Å²) in [5, 5.41) is 24.1. The number of carbonyl (C=O) groups is 2. The molecule has 3 saturated carbocycles. The molecule has 0 heterocycles. The van der Waals surface area contributed by atoms with Gasteiger partial charge in [-0.2, -0.15) is 0 Å². The van der Waals surface area contributed by atoms with Crippen LogP contribution in [0.15, 0.2) is 0 Å². The molecule has 0 aliphatic heterocycles. The molecule has 0 aromatic carbocycles. The maximum Gasteiger partial charge on any atom is 0.238 e. The number of hydrogen-bond acceptors (Lipinski definition) is 4. The second kappa shape index (κ2) is 10.9. The lowest BCUT2D eigenvalue weighted by molar-refractivity contribution is -0.186. The summed E-state index contributed by atoms with van der Waals surface area (Å²) in [6, 6.07) is -0.923. The lowest BCUT2D eigenvalue weighted by Crippen LogP contribution is -2.70. The number of nitrogens with zero attached hydrogens (tertiary/aromatic N) is 1. The first-order chi connectivity index (χ1) is 16.0. The van der Waals surface area contributed by atoms with Crippen LogP contribution in [0, 0.1) is 17.3 Å². The molecule has 3 rings (SSSR count). The lowest BCUT2D eigenvalue weighted by atomic mass is 9.67. The maximum atomic E-state index is 14.7. The Kier molecular flexibility index (Phi) is 8.77. The molecule has 6 nitrogen and oxygen atoms in total. The van der Waals surface area contributed by atoms with E-state index in [0.717, 1.165) is 57.8 Å². The summed E-state index contributed by atoms with van der Waals surface area (Å²) in [5.74, 6) is -0.823. The first kappa shape index (κ1) is 27.4. The summed E-state index contributed by atoms with van der Waals surface area (Å²) in [4.78, 5) is 29.5. The number of hydrogen-bond donors (Lipinski definition) is 3. The van der Waals surface area contributed by atoms with Crippen molar-refractivity contribution in [2.75, 3.05) is 0 Å². The van der Waals surface area contributed by atoms with Crippen LogP contribution in [0.1, 0.15) is 124 Å². The molecule has 6 heteroatoms.